The van der Waals surface area contributed by atoms with Gasteiger partial charge in [-0.05, 0) is 43.2 Å². The molecule has 2 rings (SSSR count). The minimum Gasteiger partial charge on any atom is -0.482 e. The molecule has 0 bridgehead atoms. The van der Waals surface area contributed by atoms with Crippen LogP contribution in [0.2, 0.25) is 0 Å². The molecule has 0 saturated carbocycles. The average Bonchev–Trinajstić information content (AvgIpc) is 2.61. The van der Waals surface area contributed by atoms with Crippen molar-refractivity contribution in [2.24, 2.45) is 0 Å². The van der Waals surface area contributed by atoms with Gasteiger partial charge in [-0.2, -0.15) is 0 Å². The van der Waals surface area contributed by atoms with Gasteiger partial charge in [0.25, 0.3) is 5.91 Å². The van der Waals surface area contributed by atoms with Crippen LogP contribution in [-0.2, 0) is 16.0 Å². The number of anilines is 1. The summed E-state index contributed by atoms with van der Waals surface area (Å²) in [4.78, 5) is 23.3. The van der Waals surface area contributed by atoms with Crippen LogP contribution < -0.4 is 15.8 Å². The van der Waals surface area contributed by atoms with Crippen molar-refractivity contribution in [2.45, 2.75) is 13.3 Å². The molecule has 6 heteroatoms. The van der Waals surface area contributed by atoms with Crippen LogP contribution in [0.15, 0.2) is 48.5 Å². The zero-order chi connectivity index (χ0) is 18.1. The summed E-state index contributed by atoms with van der Waals surface area (Å²) in [5.74, 6) is 0.0138. The van der Waals surface area contributed by atoms with E-state index in [1.807, 2.05) is 12.1 Å². The minimum atomic E-state index is -0.394. The molecule has 0 saturated heterocycles. The molecule has 0 aliphatic rings. The fourth-order valence-corrected chi connectivity index (χ4v) is 2.22. The highest BCUT2D eigenvalue weighted by Gasteiger charge is 2.08. The number of benzene rings is 2. The second-order valence-electron chi connectivity index (χ2n) is 5.33. The number of nitrogen functional groups attached to an aromatic ring is 1. The van der Waals surface area contributed by atoms with Gasteiger partial charge in [0, 0.05) is 12.2 Å². The van der Waals surface area contributed by atoms with Gasteiger partial charge in [0.1, 0.15) is 5.75 Å². The van der Waals surface area contributed by atoms with E-state index in [-0.39, 0.29) is 12.5 Å². The second-order valence-corrected chi connectivity index (χ2v) is 5.33. The summed E-state index contributed by atoms with van der Waals surface area (Å²) in [6, 6.07) is 14.3. The Bertz CT molecular complexity index is 714. The van der Waals surface area contributed by atoms with Crippen LogP contribution in [0, 0.1) is 0 Å². The van der Waals surface area contributed by atoms with E-state index in [0.29, 0.717) is 36.6 Å². The first-order valence-electron chi connectivity index (χ1n) is 8.10. The molecule has 2 aromatic rings. The van der Waals surface area contributed by atoms with Gasteiger partial charge >= 0.3 is 5.97 Å². The lowest BCUT2D eigenvalue weighted by molar-refractivity contribution is -0.145. The van der Waals surface area contributed by atoms with Crippen molar-refractivity contribution in [1.29, 1.82) is 0 Å². The first kappa shape index (κ1) is 18.3. The summed E-state index contributed by atoms with van der Waals surface area (Å²) in [6.07, 6.45) is 0.677. The standard InChI is InChI=1S/C19H22N2O4/c1-2-24-18(22)13-25-15-9-7-14(8-10-15)11-12-21-19(23)16-5-3-4-6-17(16)20/h3-10H,2,11-13,20H2,1H3,(H,21,23). The Labute approximate surface area is 146 Å². The van der Waals surface area contributed by atoms with Crippen molar-refractivity contribution in [2.75, 3.05) is 25.5 Å². The molecular formula is C19H22N2O4. The van der Waals surface area contributed by atoms with Crippen molar-refractivity contribution < 1.29 is 19.1 Å². The molecular weight excluding hydrogens is 320 g/mol. The first-order valence-corrected chi connectivity index (χ1v) is 8.10. The summed E-state index contributed by atoms with van der Waals surface area (Å²) in [5.41, 5.74) is 7.77. The van der Waals surface area contributed by atoms with E-state index in [4.69, 9.17) is 15.2 Å². The van der Waals surface area contributed by atoms with Gasteiger partial charge in [0.15, 0.2) is 6.61 Å². The van der Waals surface area contributed by atoms with E-state index in [9.17, 15) is 9.59 Å². The van der Waals surface area contributed by atoms with E-state index in [1.54, 1.807) is 43.3 Å². The predicted octanol–water partition coefficient (Wildman–Crippen LogP) is 2.18. The predicted molar refractivity (Wildman–Crippen MR) is 95.5 cm³/mol. The average molecular weight is 342 g/mol. The van der Waals surface area contributed by atoms with E-state index in [1.165, 1.54) is 0 Å². The summed E-state index contributed by atoms with van der Waals surface area (Å²) in [5, 5.41) is 2.85. The Balaban J connectivity index is 1.77. The molecule has 0 spiro atoms. The smallest absolute Gasteiger partial charge is 0.344 e. The Morgan fingerprint density at radius 3 is 2.48 bits per heavy atom. The molecule has 2 aromatic carbocycles. The number of nitrogens with two attached hydrogens (primary N) is 1. The normalized spacial score (nSPS) is 10.1. The molecule has 25 heavy (non-hydrogen) atoms. The van der Waals surface area contributed by atoms with Crippen LogP contribution >= 0.6 is 0 Å². The van der Waals surface area contributed by atoms with Gasteiger partial charge in [0.2, 0.25) is 0 Å². The van der Waals surface area contributed by atoms with Gasteiger partial charge in [-0.25, -0.2) is 4.79 Å². The van der Waals surface area contributed by atoms with E-state index < -0.39 is 5.97 Å². The molecule has 0 aromatic heterocycles. The number of carbonyl (C=O) groups is 2. The highest BCUT2D eigenvalue weighted by atomic mass is 16.6. The zero-order valence-corrected chi connectivity index (χ0v) is 14.2. The molecule has 0 radical (unpaired) electrons. The topological polar surface area (TPSA) is 90.6 Å². The Hall–Kier alpha value is -3.02. The zero-order valence-electron chi connectivity index (χ0n) is 14.2. The third-order valence-corrected chi connectivity index (χ3v) is 3.49. The number of hydrogen-bond donors (Lipinski definition) is 2. The van der Waals surface area contributed by atoms with Crippen LogP contribution in [-0.4, -0.2) is 31.6 Å². The van der Waals surface area contributed by atoms with Crippen LogP contribution in [0.3, 0.4) is 0 Å². The van der Waals surface area contributed by atoms with E-state index >= 15 is 0 Å². The quantitative estimate of drug-likeness (QED) is 0.567. The number of para-hydroxylation sites is 1. The maximum absolute atomic E-state index is 12.1. The van der Waals surface area contributed by atoms with Gasteiger partial charge < -0.3 is 20.5 Å². The molecule has 0 fully saturated rings. The largest absolute Gasteiger partial charge is 0.482 e. The Morgan fingerprint density at radius 1 is 1.08 bits per heavy atom. The molecule has 6 nitrogen and oxygen atoms in total. The number of esters is 1. The Morgan fingerprint density at radius 2 is 1.80 bits per heavy atom. The number of ether oxygens (including phenoxy) is 2. The molecule has 0 atom stereocenters. The van der Waals surface area contributed by atoms with Crippen LogP contribution in [0.25, 0.3) is 0 Å². The maximum atomic E-state index is 12.1. The summed E-state index contributed by atoms with van der Waals surface area (Å²) < 4.78 is 10.1. The molecule has 1 amide bonds. The minimum absolute atomic E-state index is 0.109. The van der Waals surface area contributed by atoms with Gasteiger partial charge in [0.05, 0.1) is 12.2 Å². The number of carbonyl (C=O) groups excluding carboxylic acids is 2. The highest BCUT2D eigenvalue weighted by Crippen LogP contribution is 2.13. The number of rotatable bonds is 8. The molecule has 0 aliphatic carbocycles. The lowest BCUT2D eigenvalue weighted by Crippen LogP contribution is -2.26. The fraction of sp³-hybridized carbons (Fsp3) is 0.263. The van der Waals surface area contributed by atoms with E-state index in [0.717, 1.165) is 5.56 Å². The molecule has 3 N–H and O–H groups in total. The SMILES string of the molecule is CCOC(=O)COc1ccc(CCNC(=O)c2ccccc2N)cc1. The van der Waals surface area contributed by atoms with Crippen molar-refractivity contribution >= 4 is 17.6 Å². The lowest BCUT2D eigenvalue weighted by atomic mass is 10.1. The third-order valence-electron chi connectivity index (χ3n) is 3.49. The monoisotopic (exact) mass is 342 g/mol. The molecule has 0 heterocycles. The maximum Gasteiger partial charge on any atom is 0.344 e. The van der Waals surface area contributed by atoms with Crippen molar-refractivity contribution in [1.82, 2.24) is 5.32 Å². The number of nitrogens with one attached hydrogen (secondary N) is 1. The fourth-order valence-electron chi connectivity index (χ4n) is 2.22. The molecule has 132 valence electrons. The first-order chi connectivity index (χ1) is 12.1. The molecule has 0 unspecified atom stereocenters. The van der Waals surface area contributed by atoms with Crippen molar-refractivity contribution in [3.63, 3.8) is 0 Å². The van der Waals surface area contributed by atoms with E-state index in [2.05, 4.69) is 5.32 Å². The second kappa shape index (κ2) is 9.32. The van der Waals surface area contributed by atoms with Gasteiger partial charge in [-0.15, -0.1) is 0 Å². The number of amides is 1. The number of hydrogen-bond acceptors (Lipinski definition) is 5. The summed E-state index contributed by atoms with van der Waals surface area (Å²) >= 11 is 0. The van der Waals surface area contributed by atoms with Gasteiger partial charge in [-0.3, -0.25) is 4.79 Å². The highest BCUT2D eigenvalue weighted by molar-refractivity contribution is 5.99. The summed E-state index contributed by atoms with van der Waals surface area (Å²) in [7, 11) is 0. The Kier molecular flexibility index (Phi) is 6.83. The van der Waals surface area contributed by atoms with Crippen LogP contribution in [0.5, 0.6) is 5.75 Å². The van der Waals surface area contributed by atoms with Gasteiger partial charge in [-0.1, -0.05) is 24.3 Å². The van der Waals surface area contributed by atoms with Crippen molar-refractivity contribution in [3.05, 3.63) is 59.7 Å². The third kappa shape index (κ3) is 5.84. The van der Waals surface area contributed by atoms with Crippen molar-refractivity contribution in [3.8, 4) is 5.75 Å². The van der Waals surface area contributed by atoms with Crippen LogP contribution in [0.4, 0.5) is 5.69 Å². The molecule has 0 aliphatic heterocycles. The summed E-state index contributed by atoms with van der Waals surface area (Å²) in [6.45, 7) is 2.47. The van der Waals surface area contributed by atoms with Crippen LogP contribution in [0.1, 0.15) is 22.8 Å². The lowest BCUT2D eigenvalue weighted by Gasteiger charge is -2.09.